The van der Waals surface area contributed by atoms with Gasteiger partial charge in [0.25, 0.3) is 0 Å². The van der Waals surface area contributed by atoms with Gasteiger partial charge < -0.3 is 9.73 Å². The van der Waals surface area contributed by atoms with Crippen molar-refractivity contribution in [2.75, 3.05) is 5.32 Å². The lowest BCUT2D eigenvalue weighted by Crippen LogP contribution is -2.33. The minimum absolute atomic E-state index is 0.0310. The number of thiocarbonyl (C=S) groups is 1. The first-order valence-electron chi connectivity index (χ1n) is 10.9. The van der Waals surface area contributed by atoms with E-state index in [4.69, 9.17) is 39.8 Å². The first-order valence-corrected chi connectivity index (χ1v) is 12.0. The lowest BCUT2D eigenvalue weighted by Gasteiger charge is -2.13. The summed E-state index contributed by atoms with van der Waals surface area (Å²) in [7, 11) is 0. The van der Waals surface area contributed by atoms with Gasteiger partial charge in [0.05, 0.1) is 5.69 Å². The van der Waals surface area contributed by atoms with Gasteiger partial charge in [0, 0.05) is 32.8 Å². The van der Waals surface area contributed by atoms with Crippen molar-refractivity contribution in [3.05, 3.63) is 117 Å². The normalized spacial score (nSPS) is 10.9. The molecule has 0 fully saturated rings. The van der Waals surface area contributed by atoms with Crippen LogP contribution in [0.15, 0.2) is 89.4 Å². The molecule has 180 valence electrons. The molecule has 1 aromatic heterocycles. The summed E-state index contributed by atoms with van der Waals surface area (Å²) < 4.78 is 5.79. The van der Waals surface area contributed by atoms with Gasteiger partial charge in [-0.15, -0.1) is 0 Å². The zero-order chi connectivity index (χ0) is 25.7. The van der Waals surface area contributed by atoms with Gasteiger partial charge in [0.1, 0.15) is 11.5 Å². The zero-order valence-electron chi connectivity index (χ0n) is 19.0. The van der Waals surface area contributed by atoms with E-state index in [0.717, 1.165) is 11.1 Å². The Hall–Kier alpha value is -3.71. The molecular formula is C28H20Cl2N2O3S. The Labute approximate surface area is 223 Å². The fraction of sp³-hybridized carbons (Fsp3) is 0.0357. The SMILES string of the molecule is Cc1ccc(-c2ccc(/C=C/C(=O)NC(=S)Nc3ccc(Cl)cc3C(=O)c3ccccc3)o2)cc1Cl. The minimum atomic E-state index is -0.464. The lowest BCUT2D eigenvalue weighted by molar-refractivity contribution is -0.115. The van der Waals surface area contributed by atoms with Gasteiger partial charge in [-0.3, -0.25) is 14.9 Å². The van der Waals surface area contributed by atoms with Crippen LogP contribution in [-0.2, 0) is 4.79 Å². The van der Waals surface area contributed by atoms with Gasteiger partial charge in [0.15, 0.2) is 10.9 Å². The second-order valence-electron chi connectivity index (χ2n) is 7.83. The van der Waals surface area contributed by atoms with Gasteiger partial charge >= 0.3 is 0 Å². The molecular weight excluding hydrogens is 515 g/mol. The predicted molar refractivity (Wildman–Crippen MR) is 149 cm³/mol. The summed E-state index contributed by atoms with van der Waals surface area (Å²) in [5.74, 6) is 0.434. The second kappa shape index (κ2) is 11.4. The van der Waals surface area contributed by atoms with Crippen LogP contribution in [0.5, 0.6) is 0 Å². The second-order valence-corrected chi connectivity index (χ2v) is 9.08. The quantitative estimate of drug-likeness (QED) is 0.154. The average molecular weight is 535 g/mol. The number of carbonyl (C=O) groups excluding carboxylic acids is 2. The molecule has 1 amide bonds. The number of benzene rings is 3. The first kappa shape index (κ1) is 25.4. The highest BCUT2D eigenvalue weighted by Gasteiger charge is 2.15. The van der Waals surface area contributed by atoms with Crippen molar-refractivity contribution in [2.45, 2.75) is 6.92 Å². The molecule has 0 atom stereocenters. The molecule has 0 aliphatic carbocycles. The molecule has 5 nitrogen and oxygen atoms in total. The molecule has 0 unspecified atom stereocenters. The third-order valence-electron chi connectivity index (χ3n) is 5.23. The number of aryl methyl sites for hydroxylation is 1. The predicted octanol–water partition coefficient (Wildman–Crippen LogP) is 7.32. The summed E-state index contributed by atoms with van der Waals surface area (Å²) in [6.07, 6.45) is 2.83. The molecule has 0 spiro atoms. The van der Waals surface area contributed by atoms with Gasteiger partial charge in [-0.05, 0) is 67.2 Å². The van der Waals surface area contributed by atoms with Crippen LogP contribution in [0.1, 0.15) is 27.2 Å². The van der Waals surface area contributed by atoms with E-state index in [9.17, 15) is 9.59 Å². The Balaban J connectivity index is 1.41. The van der Waals surface area contributed by atoms with Crippen LogP contribution < -0.4 is 10.6 Å². The maximum Gasteiger partial charge on any atom is 0.250 e. The van der Waals surface area contributed by atoms with E-state index < -0.39 is 5.91 Å². The maximum atomic E-state index is 13.0. The van der Waals surface area contributed by atoms with Crippen molar-refractivity contribution in [3.8, 4) is 11.3 Å². The fourth-order valence-corrected chi connectivity index (χ4v) is 3.93. The van der Waals surface area contributed by atoms with Gasteiger partial charge in [-0.2, -0.15) is 0 Å². The van der Waals surface area contributed by atoms with Crippen LogP contribution in [0, 0.1) is 6.92 Å². The van der Waals surface area contributed by atoms with Crippen molar-refractivity contribution < 1.29 is 14.0 Å². The molecule has 1 heterocycles. The Kier molecular flexibility index (Phi) is 8.00. The van der Waals surface area contributed by atoms with Crippen LogP contribution in [0.3, 0.4) is 0 Å². The van der Waals surface area contributed by atoms with E-state index in [1.165, 1.54) is 12.2 Å². The first-order chi connectivity index (χ1) is 17.3. The topological polar surface area (TPSA) is 71.3 Å². The number of halogens is 2. The van der Waals surface area contributed by atoms with Gasteiger partial charge in [0.2, 0.25) is 5.91 Å². The molecule has 36 heavy (non-hydrogen) atoms. The van der Waals surface area contributed by atoms with E-state index in [0.29, 0.717) is 38.4 Å². The summed E-state index contributed by atoms with van der Waals surface area (Å²) in [6, 6.07) is 22.8. The number of rotatable bonds is 6. The van der Waals surface area contributed by atoms with Crippen molar-refractivity contribution in [2.24, 2.45) is 0 Å². The number of anilines is 1. The van der Waals surface area contributed by atoms with Crippen molar-refractivity contribution in [3.63, 3.8) is 0 Å². The van der Waals surface area contributed by atoms with E-state index in [2.05, 4.69) is 10.6 Å². The monoisotopic (exact) mass is 534 g/mol. The Bertz CT molecular complexity index is 1480. The van der Waals surface area contributed by atoms with Crippen molar-refractivity contribution >= 4 is 64.0 Å². The lowest BCUT2D eigenvalue weighted by atomic mass is 10.0. The summed E-state index contributed by atoms with van der Waals surface area (Å²) in [5, 5.41) is 6.55. The molecule has 8 heteroatoms. The van der Waals surface area contributed by atoms with Crippen LogP contribution in [0.2, 0.25) is 10.0 Å². The van der Waals surface area contributed by atoms with Crippen LogP contribution in [-0.4, -0.2) is 16.8 Å². The standard InChI is InChI=1S/C28H20Cl2N2O3S/c1-17-7-8-19(15-23(17)30)25-13-10-21(35-25)11-14-26(33)32-28(36)31-24-12-9-20(29)16-22(24)27(34)18-5-3-2-4-6-18/h2-16H,1H3,(H2,31,32,33,36)/b14-11+. The molecule has 0 saturated heterocycles. The molecule has 0 bridgehead atoms. The third-order valence-corrected chi connectivity index (χ3v) is 6.08. The van der Waals surface area contributed by atoms with Crippen molar-refractivity contribution in [1.29, 1.82) is 0 Å². The Morgan fingerprint density at radius 2 is 1.72 bits per heavy atom. The molecule has 2 N–H and O–H groups in total. The molecule has 0 aliphatic heterocycles. The smallest absolute Gasteiger partial charge is 0.250 e. The highest BCUT2D eigenvalue weighted by atomic mass is 35.5. The number of carbonyl (C=O) groups is 2. The molecule has 0 radical (unpaired) electrons. The Morgan fingerprint density at radius 1 is 0.944 bits per heavy atom. The van der Waals surface area contributed by atoms with E-state index >= 15 is 0 Å². The van der Waals surface area contributed by atoms with Gasteiger partial charge in [-0.1, -0.05) is 65.7 Å². The third kappa shape index (κ3) is 6.29. The average Bonchev–Trinajstić information content (AvgIpc) is 3.35. The zero-order valence-corrected chi connectivity index (χ0v) is 21.4. The highest BCUT2D eigenvalue weighted by Crippen LogP contribution is 2.27. The fourth-order valence-electron chi connectivity index (χ4n) is 3.37. The minimum Gasteiger partial charge on any atom is -0.457 e. The molecule has 0 aliphatic rings. The number of ketones is 1. The number of hydrogen-bond acceptors (Lipinski definition) is 4. The van der Waals surface area contributed by atoms with Gasteiger partial charge in [-0.25, -0.2) is 0 Å². The Morgan fingerprint density at radius 3 is 2.47 bits per heavy atom. The van der Waals surface area contributed by atoms with Crippen LogP contribution in [0.4, 0.5) is 5.69 Å². The van der Waals surface area contributed by atoms with E-state index in [1.54, 1.807) is 54.6 Å². The summed E-state index contributed by atoms with van der Waals surface area (Å²) in [6.45, 7) is 1.93. The molecule has 0 saturated carbocycles. The van der Waals surface area contributed by atoms with Crippen LogP contribution in [0.25, 0.3) is 17.4 Å². The summed E-state index contributed by atoms with van der Waals surface area (Å²) >= 11 is 17.6. The number of hydrogen-bond donors (Lipinski definition) is 2. The van der Waals surface area contributed by atoms with E-state index in [-0.39, 0.29) is 10.9 Å². The summed E-state index contributed by atoms with van der Waals surface area (Å²) in [4.78, 5) is 25.4. The maximum absolute atomic E-state index is 13.0. The molecule has 3 aromatic carbocycles. The van der Waals surface area contributed by atoms with Crippen LogP contribution >= 0.6 is 35.4 Å². The number of furan rings is 1. The van der Waals surface area contributed by atoms with E-state index in [1.807, 2.05) is 31.2 Å². The summed E-state index contributed by atoms with van der Waals surface area (Å²) in [5.41, 5.74) is 3.08. The molecule has 4 rings (SSSR count). The van der Waals surface area contributed by atoms with Crippen molar-refractivity contribution in [1.82, 2.24) is 5.32 Å². The molecule has 4 aromatic rings. The number of nitrogens with one attached hydrogen (secondary N) is 2. The highest BCUT2D eigenvalue weighted by molar-refractivity contribution is 7.80. The largest absolute Gasteiger partial charge is 0.457 e. The number of amides is 1.